The molecule has 4 heteroatoms. The molecule has 106 valence electrons. The predicted octanol–water partition coefficient (Wildman–Crippen LogP) is 2.65. The Balaban J connectivity index is 2.25. The van der Waals surface area contributed by atoms with Crippen molar-refractivity contribution in [1.82, 2.24) is 0 Å². The third kappa shape index (κ3) is 7.59. The van der Waals surface area contributed by atoms with Gasteiger partial charge in [-0.25, -0.2) is 0 Å². The molecule has 0 aromatic heterocycles. The Hall–Kier alpha value is -1.39. The Morgan fingerprint density at radius 3 is 2.21 bits per heavy atom. The third-order valence-corrected chi connectivity index (χ3v) is 2.41. The summed E-state index contributed by atoms with van der Waals surface area (Å²) in [5, 5.41) is 8.66. The van der Waals surface area contributed by atoms with Crippen molar-refractivity contribution in [3.05, 3.63) is 35.4 Å². The van der Waals surface area contributed by atoms with Crippen LogP contribution < -0.4 is 0 Å². The van der Waals surface area contributed by atoms with E-state index in [0.717, 1.165) is 11.1 Å². The van der Waals surface area contributed by atoms with Gasteiger partial charge in [0, 0.05) is 0 Å². The molecule has 0 fully saturated rings. The highest BCUT2D eigenvalue weighted by Gasteiger charge is 2.08. The van der Waals surface area contributed by atoms with Gasteiger partial charge in [-0.1, -0.05) is 24.3 Å². The summed E-state index contributed by atoms with van der Waals surface area (Å²) in [6.07, 6.45) is 0.0561. The summed E-state index contributed by atoms with van der Waals surface area (Å²) in [4.78, 5) is 10.5. The number of carboxylic acids is 1. The number of hydrogen-bond donors (Lipinski definition) is 1. The summed E-state index contributed by atoms with van der Waals surface area (Å²) >= 11 is 0. The molecule has 0 radical (unpaired) electrons. The fourth-order valence-electron chi connectivity index (χ4n) is 1.52. The minimum atomic E-state index is -0.816. The smallest absolute Gasteiger partial charge is 0.307 e. The molecular formula is C15H22O4. The molecule has 0 aliphatic heterocycles. The summed E-state index contributed by atoms with van der Waals surface area (Å²) in [7, 11) is 0. The first kappa shape index (κ1) is 15.7. The van der Waals surface area contributed by atoms with Gasteiger partial charge in [0.2, 0.25) is 0 Å². The highest BCUT2D eigenvalue weighted by atomic mass is 16.5. The number of ether oxygens (including phenoxy) is 2. The molecule has 0 aliphatic carbocycles. The van der Waals surface area contributed by atoms with Crippen LogP contribution in [-0.4, -0.2) is 29.9 Å². The van der Waals surface area contributed by atoms with Crippen molar-refractivity contribution < 1.29 is 19.4 Å². The van der Waals surface area contributed by atoms with Crippen molar-refractivity contribution in [2.45, 2.75) is 39.4 Å². The van der Waals surface area contributed by atoms with Crippen molar-refractivity contribution in [2.24, 2.45) is 0 Å². The van der Waals surface area contributed by atoms with Crippen LogP contribution in [0.4, 0.5) is 0 Å². The average Bonchev–Trinajstić information content (AvgIpc) is 2.28. The highest BCUT2D eigenvalue weighted by molar-refractivity contribution is 5.70. The molecule has 1 aromatic rings. The Labute approximate surface area is 114 Å². The van der Waals surface area contributed by atoms with Crippen LogP contribution in [0.15, 0.2) is 24.3 Å². The van der Waals surface area contributed by atoms with Gasteiger partial charge in [-0.3, -0.25) is 4.79 Å². The van der Waals surface area contributed by atoms with E-state index in [-0.39, 0.29) is 12.0 Å². The third-order valence-electron chi connectivity index (χ3n) is 2.41. The summed E-state index contributed by atoms with van der Waals surface area (Å²) in [5.74, 6) is -0.816. The standard InChI is InChI=1S/C15H22O4/c1-15(2,3)19-9-8-18-11-13-6-4-12(5-7-13)10-14(16)17/h4-7H,8-11H2,1-3H3,(H,16,17). The number of carbonyl (C=O) groups is 1. The van der Waals surface area contributed by atoms with Gasteiger partial charge in [0.25, 0.3) is 0 Å². The maximum absolute atomic E-state index is 10.5. The number of hydrogen-bond acceptors (Lipinski definition) is 3. The number of rotatable bonds is 7. The number of aliphatic carboxylic acids is 1. The molecule has 1 rings (SSSR count). The fourth-order valence-corrected chi connectivity index (χ4v) is 1.52. The van der Waals surface area contributed by atoms with Crippen LogP contribution in [-0.2, 0) is 27.3 Å². The van der Waals surface area contributed by atoms with Crippen molar-refractivity contribution in [2.75, 3.05) is 13.2 Å². The van der Waals surface area contributed by atoms with Gasteiger partial charge in [0.1, 0.15) is 0 Å². The van der Waals surface area contributed by atoms with E-state index in [1.54, 1.807) is 0 Å². The first-order valence-corrected chi connectivity index (χ1v) is 6.38. The lowest BCUT2D eigenvalue weighted by molar-refractivity contribution is -0.136. The zero-order valence-corrected chi connectivity index (χ0v) is 11.8. The lowest BCUT2D eigenvalue weighted by atomic mass is 10.1. The molecule has 0 spiro atoms. The van der Waals surface area contributed by atoms with Crippen LogP contribution in [0.3, 0.4) is 0 Å². The van der Waals surface area contributed by atoms with E-state index < -0.39 is 5.97 Å². The quantitative estimate of drug-likeness (QED) is 0.771. The maximum atomic E-state index is 10.5. The number of carboxylic acid groups (broad SMARTS) is 1. The Morgan fingerprint density at radius 2 is 1.68 bits per heavy atom. The van der Waals surface area contributed by atoms with Gasteiger partial charge >= 0.3 is 5.97 Å². The van der Waals surface area contributed by atoms with Crippen LogP contribution in [0.25, 0.3) is 0 Å². The molecule has 0 amide bonds. The molecule has 1 N–H and O–H groups in total. The summed E-state index contributed by atoms with van der Waals surface area (Å²) in [5.41, 5.74) is 1.69. The second-order valence-corrected chi connectivity index (χ2v) is 5.40. The summed E-state index contributed by atoms with van der Waals surface area (Å²) < 4.78 is 11.0. The molecule has 0 heterocycles. The van der Waals surface area contributed by atoms with Crippen LogP contribution >= 0.6 is 0 Å². The van der Waals surface area contributed by atoms with E-state index in [1.165, 1.54) is 0 Å². The molecule has 0 bridgehead atoms. The van der Waals surface area contributed by atoms with Gasteiger partial charge in [-0.05, 0) is 31.9 Å². The summed E-state index contributed by atoms with van der Waals surface area (Å²) in [6, 6.07) is 7.42. The molecule has 19 heavy (non-hydrogen) atoms. The minimum absolute atomic E-state index is 0.0561. The van der Waals surface area contributed by atoms with E-state index in [0.29, 0.717) is 19.8 Å². The van der Waals surface area contributed by atoms with E-state index >= 15 is 0 Å². The maximum Gasteiger partial charge on any atom is 0.307 e. The lowest BCUT2D eigenvalue weighted by Crippen LogP contribution is -2.21. The van der Waals surface area contributed by atoms with Crippen LogP contribution in [0.5, 0.6) is 0 Å². The van der Waals surface area contributed by atoms with Gasteiger partial charge in [-0.2, -0.15) is 0 Å². The van der Waals surface area contributed by atoms with Crippen molar-refractivity contribution in [3.63, 3.8) is 0 Å². The fraction of sp³-hybridized carbons (Fsp3) is 0.533. The molecule has 0 saturated carbocycles. The summed E-state index contributed by atoms with van der Waals surface area (Å²) in [6.45, 7) is 7.66. The first-order chi connectivity index (χ1) is 8.87. The predicted molar refractivity (Wildman–Crippen MR) is 73.1 cm³/mol. The van der Waals surface area contributed by atoms with Gasteiger partial charge in [0.15, 0.2) is 0 Å². The Kier molecular flexibility index (Phi) is 5.99. The average molecular weight is 266 g/mol. The minimum Gasteiger partial charge on any atom is -0.481 e. The van der Waals surface area contributed by atoms with E-state index in [4.69, 9.17) is 14.6 Å². The SMILES string of the molecule is CC(C)(C)OCCOCc1ccc(CC(=O)O)cc1. The molecule has 0 aliphatic rings. The topological polar surface area (TPSA) is 55.8 Å². The molecule has 0 unspecified atom stereocenters. The Morgan fingerprint density at radius 1 is 1.11 bits per heavy atom. The number of benzene rings is 1. The molecule has 0 atom stereocenters. The second-order valence-electron chi connectivity index (χ2n) is 5.40. The molecule has 0 saturated heterocycles. The zero-order valence-electron chi connectivity index (χ0n) is 11.8. The van der Waals surface area contributed by atoms with E-state index in [2.05, 4.69) is 0 Å². The van der Waals surface area contributed by atoms with Crippen LogP contribution in [0, 0.1) is 0 Å². The zero-order chi connectivity index (χ0) is 14.3. The Bertz CT molecular complexity index is 390. The monoisotopic (exact) mass is 266 g/mol. The second kappa shape index (κ2) is 7.26. The molecule has 1 aromatic carbocycles. The normalized spacial score (nSPS) is 11.5. The van der Waals surface area contributed by atoms with Crippen molar-refractivity contribution in [3.8, 4) is 0 Å². The van der Waals surface area contributed by atoms with Crippen LogP contribution in [0.2, 0.25) is 0 Å². The lowest BCUT2D eigenvalue weighted by Gasteiger charge is -2.19. The van der Waals surface area contributed by atoms with Crippen LogP contribution in [0.1, 0.15) is 31.9 Å². The van der Waals surface area contributed by atoms with Gasteiger partial charge < -0.3 is 14.6 Å². The molecular weight excluding hydrogens is 244 g/mol. The van der Waals surface area contributed by atoms with E-state index in [1.807, 2.05) is 45.0 Å². The van der Waals surface area contributed by atoms with Gasteiger partial charge in [0.05, 0.1) is 31.8 Å². The largest absolute Gasteiger partial charge is 0.481 e. The van der Waals surface area contributed by atoms with Crippen molar-refractivity contribution in [1.29, 1.82) is 0 Å². The van der Waals surface area contributed by atoms with Crippen molar-refractivity contribution >= 4 is 5.97 Å². The van der Waals surface area contributed by atoms with E-state index in [9.17, 15) is 4.79 Å². The molecule has 4 nitrogen and oxygen atoms in total. The highest BCUT2D eigenvalue weighted by Crippen LogP contribution is 2.08. The first-order valence-electron chi connectivity index (χ1n) is 6.38. The van der Waals surface area contributed by atoms with Gasteiger partial charge in [-0.15, -0.1) is 0 Å².